The first-order valence-electron chi connectivity index (χ1n) is 6.18. The van der Waals surface area contributed by atoms with Crippen LogP contribution in [0.5, 0.6) is 0 Å². The van der Waals surface area contributed by atoms with Gasteiger partial charge in [-0.1, -0.05) is 6.07 Å². The Bertz CT molecular complexity index is 584. The van der Waals surface area contributed by atoms with Gasteiger partial charge in [0.1, 0.15) is 11.5 Å². The lowest BCUT2D eigenvalue weighted by molar-refractivity contribution is 0.101. The fourth-order valence-corrected chi connectivity index (χ4v) is 1.83. The molecule has 0 atom stereocenters. The number of anilines is 2. The van der Waals surface area contributed by atoms with E-state index < -0.39 is 0 Å². The third-order valence-corrected chi connectivity index (χ3v) is 2.81. The molecule has 0 aliphatic heterocycles. The van der Waals surface area contributed by atoms with Crippen LogP contribution in [0.1, 0.15) is 35.9 Å². The lowest BCUT2D eigenvalue weighted by Gasteiger charge is -2.12. The molecule has 2 rings (SSSR count). The molecule has 19 heavy (non-hydrogen) atoms. The zero-order valence-corrected chi connectivity index (χ0v) is 11.3. The van der Waals surface area contributed by atoms with Gasteiger partial charge in [0.15, 0.2) is 0 Å². The SMILES string of the molecule is Cc1ccc(NC(=O)c2cc(N)cn2C(C)C)nc1. The quantitative estimate of drug-likeness (QED) is 0.888. The topological polar surface area (TPSA) is 72.9 Å². The Morgan fingerprint density at radius 3 is 2.74 bits per heavy atom. The zero-order chi connectivity index (χ0) is 14.0. The Labute approximate surface area is 112 Å². The standard InChI is InChI=1S/C14H18N4O/c1-9(2)18-8-11(15)6-12(18)14(19)17-13-5-4-10(3)7-16-13/h4-9H,15H2,1-3H3,(H,16,17,19). The number of rotatable bonds is 3. The molecule has 0 fully saturated rings. The highest BCUT2D eigenvalue weighted by atomic mass is 16.2. The van der Waals surface area contributed by atoms with Crippen molar-refractivity contribution >= 4 is 17.4 Å². The Morgan fingerprint density at radius 1 is 1.42 bits per heavy atom. The van der Waals surface area contributed by atoms with Gasteiger partial charge in [0.05, 0.1) is 5.69 Å². The average Bonchev–Trinajstić information content (AvgIpc) is 2.74. The summed E-state index contributed by atoms with van der Waals surface area (Å²) in [4.78, 5) is 16.4. The van der Waals surface area contributed by atoms with E-state index in [-0.39, 0.29) is 11.9 Å². The molecule has 2 aromatic heterocycles. The minimum atomic E-state index is -0.207. The summed E-state index contributed by atoms with van der Waals surface area (Å²) >= 11 is 0. The molecule has 0 radical (unpaired) electrons. The number of pyridine rings is 1. The smallest absolute Gasteiger partial charge is 0.273 e. The van der Waals surface area contributed by atoms with Gasteiger partial charge in [-0.2, -0.15) is 0 Å². The van der Waals surface area contributed by atoms with Crippen LogP contribution in [-0.4, -0.2) is 15.5 Å². The summed E-state index contributed by atoms with van der Waals surface area (Å²) in [5.41, 5.74) is 7.92. The number of nitrogens with zero attached hydrogens (tertiary/aromatic N) is 2. The van der Waals surface area contributed by atoms with Gasteiger partial charge in [-0.25, -0.2) is 4.98 Å². The van der Waals surface area contributed by atoms with Gasteiger partial charge in [0.25, 0.3) is 5.91 Å². The van der Waals surface area contributed by atoms with Gasteiger partial charge in [-0.05, 0) is 38.5 Å². The van der Waals surface area contributed by atoms with Gasteiger partial charge in [-0.3, -0.25) is 4.79 Å². The highest BCUT2D eigenvalue weighted by molar-refractivity contribution is 6.03. The third kappa shape index (κ3) is 2.93. The van der Waals surface area contributed by atoms with E-state index in [0.717, 1.165) is 5.56 Å². The highest BCUT2D eigenvalue weighted by Gasteiger charge is 2.15. The molecule has 0 saturated carbocycles. The zero-order valence-electron chi connectivity index (χ0n) is 11.3. The summed E-state index contributed by atoms with van der Waals surface area (Å²) in [5.74, 6) is 0.326. The van der Waals surface area contributed by atoms with Crippen molar-refractivity contribution in [3.8, 4) is 0 Å². The van der Waals surface area contributed by atoms with Crippen LogP contribution in [0.4, 0.5) is 11.5 Å². The Balaban J connectivity index is 2.22. The Morgan fingerprint density at radius 2 is 2.16 bits per heavy atom. The second kappa shape index (κ2) is 5.14. The van der Waals surface area contributed by atoms with E-state index in [1.165, 1.54) is 0 Å². The second-order valence-corrected chi connectivity index (χ2v) is 4.83. The monoisotopic (exact) mass is 258 g/mol. The number of carbonyl (C=O) groups is 1. The number of amides is 1. The molecule has 5 nitrogen and oxygen atoms in total. The number of nitrogens with two attached hydrogens (primary N) is 1. The van der Waals surface area contributed by atoms with Crippen molar-refractivity contribution in [3.63, 3.8) is 0 Å². The van der Waals surface area contributed by atoms with Gasteiger partial charge in [0, 0.05) is 18.4 Å². The molecule has 0 aromatic carbocycles. The van der Waals surface area contributed by atoms with E-state index in [1.807, 2.05) is 31.4 Å². The molecule has 2 heterocycles. The summed E-state index contributed by atoms with van der Waals surface area (Å²) < 4.78 is 1.85. The third-order valence-electron chi connectivity index (χ3n) is 2.81. The fraction of sp³-hybridized carbons (Fsp3) is 0.286. The molecule has 5 heteroatoms. The number of aryl methyl sites for hydroxylation is 1. The van der Waals surface area contributed by atoms with E-state index in [0.29, 0.717) is 17.2 Å². The molecule has 0 spiro atoms. The highest BCUT2D eigenvalue weighted by Crippen LogP contribution is 2.17. The van der Waals surface area contributed by atoms with Crippen molar-refractivity contribution < 1.29 is 4.79 Å². The fourth-order valence-electron chi connectivity index (χ4n) is 1.83. The lowest BCUT2D eigenvalue weighted by Crippen LogP contribution is -2.18. The summed E-state index contributed by atoms with van der Waals surface area (Å²) in [5, 5.41) is 2.77. The number of nitrogens with one attached hydrogen (secondary N) is 1. The van der Waals surface area contributed by atoms with Gasteiger partial charge in [0.2, 0.25) is 0 Å². The molecule has 0 aliphatic carbocycles. The van der Waals surface area contributed by atoms with E-state index in [9.17, 15) is 4.79 Å². The molecule has 0 saturated heterocycles. The summed E-state index contributed by atoms with van der Waals surface area (Å²) in [7, 11) is 0. The summed E-state index contributed by atoms with van der Waals surface area (Å²) in [6, 6.07) is 5.52. The maximum Gasteiger partial charge on any atom is 0.273 e. The van der Waals surface area contributed by atoms with Crippen LogP contribution in [0.2, 0.25) is 0 Å². The van der Waals surface area contributed by atoms with Crippen molar-refractivity contribution in [1.29, 1.82) is 0 Å². The van der Waals surface area contributed by atoms with Crippen LogP contribution in [0.25, 0.3) is 0 Å². The number of hydrogen-bond donors (Lipinski definition) is 2. The molecule has 1 amide bonds. The maximum absolute atomic E-state index is 12.2. The van der Waals surface area contributed by atoms with Crippen molar-refractivity contribution in [3.05, 3.63) is 41.9 Å². The van der Waals surface area contributed by atoms with Crippen molar-refractivity contribution in [2.24, 2.45) is 0 Å². The average molecular weight is 258 g/mol. The molecule has 3 N–H and O–H groups in total. The first-order valence-corrected chi connectivity index (χ1v) is 6.18. The van der Waals surface area contributed by atoms with Crippen LogP contribution < -0.4 is 11.1 Å². The minimum Gasteiger partial charge on any atom is -0.397 e. The van der Waals surface area contributed by atoms with Crippen molar-refractivity contribution in [1.82, 2.24) is 9.55 Å². The van der Waals surface area contributed by atoms with Crippen LogP contribution >= 0.6 is 0 Å². The number of nitrogen functional groups attached to an aromatic ring is 1. The predicted molar refractivity (Wildman–Crippen MR) is 76.2 cm³/mol. The first-order chi connectivity index (χ1) is 8.97. The normalized spacial score (nSPS) is 10.7. The van der Waals surface area contributed by atoms with E-state index >= 15 is 0 Å². The molecule has 2 aromatic rings. The summed E-state index contributed by atoms with van der Waals surface area (Å²) in [6.07, 6.45) is 3.48. The number of carbonyl (C=O) groups excluding carboxylic acids is 1. The maximum atomic E-state index is 12.2. The van der Waals surface area contributed by atoms with Crippen LogP contribution in [0, 0.1) is 6.92 Å². The molecule has 0 unspecified atom stereocenters. The van der Waals surface area contributed by atoms with Gasteiger partial charge in [-0.15, -0.1) is 0 Å². The molecule has 100 valence electrons. The molecular weight excluding hydrogens is 240 g/mol. The molecule has 0 aliphatic rings. The first kappa shape index (κ1) is 13.1. The minimum absolute atomic E-state index is 0.170. The van der Waals surface area contributed by atoms with Crippen molar-refractivity contribution in [2.75, 3.05) is 11.1 Å². The predicted octanol–water partition coefficient (Wildman–Crippen LogP) is 2.61. The van der Waals surface area contributed by atoms with Crippen LogP contribution in [0.15, 0.2) is 30.6 Å². The molecular formula is C14H18N4O. The number of aromatic nitrogens is 2. The van der Waals surface area contributed by atoms with Crippen LogP contribution in [0.3, 0.4) is 0 Å². The number of hydrogen-bond acceptors (Lipinski definition) is 3. The Hall–Kier alpha value is -2.30. The molecule has 0 bridgehead atoms. The van der Waals surface area contributed by atoms with Crippen LogP contribution in [-0.2, 0) is 0 Å². The van der Waals surface area contributed by atoms with Gasteiger partial charge < -0.3 is 15.6 Å². The second-order valence-electron chi connectivity index (χ2n) is 4.83. The van der Waals surface area contributed by atoms with Gasteiger partial charge >= 0.3 is 0 Å². The lowest BCUT2D eigenvalue weighted by atomic mass is 10.3. The van der Waals surface area contributed by atoms with E-state index in [2.05, 4.69) is 10.3 Å². The largest absolute Gasteiger partial charge is 0.397 e. The summed E-state index contributed by atoms with van der Waals surface area (Å²) in [6.45, 7) is 5.95. The van der Waals surface area contributed by atoms with E-state index in [1.54, 1.807) is 24.5 Å². The Kier molecular flexibility index (Phi) is 3.55. The van der Waals surface area contributed by atoms with Crippen molar-refractivity contribution in [2.45, 2.75) is 26.8 Å². The van der Waals surface area contributed by atoms with E-state index in [4.69, 9.17) is 5.73 Å².